The van der Waals surface area contributed by atoms with Crippen LogP contribution in [0.25, 0.3) is 11.0 Å². The van der Waals surface area contributed by atoms with Gasteiger partial charge in [-0.2, -0.15) is 0 Å². The fourth-order valence-electron chi connectivity index (χ4n) is 3.83. The van der Waals surface area contributed by atoms with Crippen molar-refractivity contribution < 1.29 is 9.53 Å². The fraction of sp³-hybridized carbons (Fsp3) is 0.636. The Bertz CT molecular complexity index is 763. The van der Waals surface area contributed by atoms with Gasteiger partial charge in [0.15, 0.2) is 0 Å². The first-order chi connectivity index (χ1) is 13.6. The van der Waals surface area contributed by atoms with E-state index in [9.17, 15) is 4.79 Å². The number of para-hydroxylation sites is 2. The van der Waals surface area contributed by atoms with E-state index in [1.165, 1.54) is 5.52 Å². The number of carbonyl (C=O) groups is 1. The molecule has 6 heteroatoms. The molecule has 3 rings (SSSR count). The van der Waals surface area contributed by atoms with Gasteiger partial charge in [0.05, 0.1) is 11.0 Å². The number of hydrogen-bond donors (Lipinski definition) is 1. The van der Waals surface area contributed by atoms with Crippen LogP contribution in [0.15, 0.2) is 24.3 Å². The third kappa shape index (κ3) is 5.04. The zero-order chi connectivity index (χ0) is 19.9. The summed E-state index contributed by atoms with van der Waals surface area (Å²) in [5, 5.41) is 3.05. The van der Waals surface area contributed by atoms with Crippen molar-refractivity contribution in [3.05, 3.63) is 24.3 Å². The maximum absolute atomic E-state index is 12.4. The van der Waals surface area contributed by atoms with Gasteiger partial charge in [0.2, 0.25) is 11.9 Å². The minimum absolute atomic E-state index is 0.104. The first-order valence-corrected chi connectivity index (χ1v) is 10.6. The molecule has 0 saturated carbocycles. The predicted octanol–water partition coefficient (Wildman–Crippen LogP) is 3.45. The van der Waals surface area contributed by atoms with E-state index >= 15 is 0 Å². The third-order valence-electron chi connectivity index (χ3n) is 5.54. The highest BCUT2D eigenvalue weighted by Crippen LogP contribution is 2.27. The first kappa shape index (κ1) is 20.6. The first-order valence-electron chi connectivity index (χ1n) is 10.6. The van der Waals surface area contributed by atoms with Gasteiger partial charge < -0.3 is 19.5 Å². The molecule has 0 aliphatic carbocycles. The lowest BCUT2D eigenvalue weighted by molar-refractivity contribution is -0.125. The molecule has 0 radical (unpaired) electrons. The second-order valence-corrected chi connectivity index (χ2v) is 8.13. The van der Waals surface area contributed by atoms with Crippen LogP contribution < -0.4 is 10.2 Å². The number of nitrogens with one attached hydrogen (secondary N) is 1. The van der Waals surface area contributed by atoms with Gasteiger partial charge in [-0.05, 0) is 43.7 Å². The molecule has 0 spiro atoms. The highest BCUT2D eigenvalue weighted by atomic mass is 16.5. The maximum atomic E-state index is 12.4. The van der Waals surface area contributed by atoms with Gasteiger partial charge in [0, 0.05) is 45.8 Å². The normalized spacial score (nSPS) is 15.5. The molecule has 28 heavy (non-hydrogen) atoms. The molecule has 6 nitrogen and oxygen atoms in total. The molecule has 154 valence electrons. The molecule has 0 atom stereocenters. The minimum atomic E-state index is 0.104. The summed E-state index contributed by atoms with van der Waals surface area (Å²) in [7, 11) is 1.69. The van der Waals surface area contributed by atoms with Crippen molar-refractivity contribution in [3.8, 4) is 0 Å². The number of carbonyl (C=O) groups excluding carboxylic acids is 1. The summed E-state index contributed by atoms with van der Waals surface area (Å²) < 4.78 is 7.40. The van der Waals surface area contributed by atoms with Crippen LogP contribution in [0, 0.1) is 11.8 Å². The number of piperidine rings is 1. The summed E-state index contributed by atoms with van der Waals surface area (Å²) in [5.41, 5.74) is 2.26. The minimum Gasteiger partial charge on any atom is -0.385 e. The zero-order valence-electron chi connectivity index (χ0n) is 17.5. The summed E-state index contributed by atoms with van der Waals surface area (Å²) in [4.78, 5) is 19.7. The fourth-order valence-corrected chi connectivity index (χ4v) is 3.83. The van der Waals surface area contributed by atoms with Gasteiger partial charge in [-0.25, -0.2) is 4.98 Å². The van der Waals surface area contributed by atoms with Crippen LogP contribution in [0.3, 0.4) is 0 Å². The van der Waals surface area contributed by atoms with E-state index < -0.39 is 0 Å². The van der Waals surface area contributed by atoms with Crippen molar-refractivity contribution in [1.82, 2.24) is 14.9 Å². The van der Waals surface area contributed by atoms with Crippen molar-refractivity contribution >= 4 is 22.9 Å². The lowest BCUT2D eigenvalue weighted by atomic mass is 9.96. The molecule has 1 amide bonds. The number of aromatic nitrogens is 2. The number of nitrogens with zero attached hydrogens (tertiary/aromatic N) is 3. The lowest BCUT2D eigenvalue weighted by Crippen LogP contribution is -2.41. The smallest absolute Gasteiger partial charge is 0.223 e. The number of methoxy groups -OCH3 is 1. The molecule has 0 unspecified atom stereocenters. The molecule has 1 saturated heterocycles. The zero-order valence-corrected chi connectivity index (χ0v) is 17.5. The van der Waals surface area contributed by atoms with Crippen molar-refractivity contribution in [2.45, 2.75) is 46.1 Å². The van der Waals surface area contributed by atoms with E-state index in [2.05, 4.69) is 46.8 Å². The molecule has 1 aromatic heterocycles. The van der Waals surface area contributed by atoms with Crippen molar-refractivity contribution in [2.75, 3.05) is 38.3 Å². The van der Waals surface area contributed by atoms with Crippen LogP contribution in [0.1, 0.15) is 39.5 Å². The molecule has 0 bridgehead atoms. The Morgan fingerprint density at radius 1 is 1.29 bits per heavy atom. The van der Waals surface area contributed by atoms with Crippen LogP contribution in [-0.4, -0.2) is 48.8 Å². The number of anilines is 1. The molecule has 1 aromatic carbocycles. The number of ether oxygens (including phenoxy) is 1. The summed E-state index contributed by atoms with van der Waals surface area (Å²) >= 11 is 0. The number of imidazole rings is 1. The lowest BCUT2D eigenvalue weighted by Gasteiger charge is -2.32. The molecule has 1 N–H and O–H groups in total. The molecule has 2 heterocycles. The van der Waals surface area contributed by atoms with Gasteiger partial charge >= 0.3 is 0 Å². The Morgan fingerprint density at radius 2 is 2.04 bits per heavy atom. The number of rotatable bonds is 9. The van der Waals surface area contributed by atoms with Gasteiger partial charge in [-0.1, -0.05) is 26.0 Å². The van der Waals surface area contributed by atoms with Crippen molar-refractivity contribution in [3.63, 3.8) is 0 Å². The van der Waals surface area contributed by atoms with Gasteiger partial charge in [0.25, 0.3) is 0 Å². The molecule has 1 aliphatic heterocycles. The van der Waals surface area contributed by atoms with Crippen LogP contribution >= 0.6 is 0 Å². The summed E-state index contributed by atoms with van der Waals surface area (Å²) in [6.45, 7) is 8.63. The predicted molar refractivity (Wildman–Crippen MR) is 114 cm³/mol. The highest BCUT2D eigenvalue weighted by Gasteiger charge is 2.27. The average molecular weight is 387 g/mol. The molecule has 1 fully saturated rings. The maximum Gasteiger partial charge on any atom is 0.223 e. The van der Waals surface area contributed by atoms with Gasteiger partial charge in [-0.15, -0.1) is 0 Å². The summed E-state index contributed by atoms with van der Waals surface area (Å²) in [5.74, 6) is 2.00. The number of benzene rings is 1. The monoisotopic (exact) mass is 386 g/mol. The van der Waals surface area contributed by atoms with Crippen LogP contribution in [0.2, 0.25) is 0 Å². The molecule has 2 aromatic rings. The third-order valence-corrected chi connectivity index (χ3v) is 5.54. The SMILES string of the molecule is COCCCNC(=O)C1CCN(c2nc3ccccc3n2CCC(C)C)CC1. The Labute approximate surface area is 168 Å². The number of fused-ring (bicyclic) bond motifs is 1. The van der Waals surface area contributed by atoms with Crippen LogP contribution in [0.5, 0.6) is 0 Å². The average Bonchev–Trinajstić information content (AvgIpc) is 3.08. The Morgan fingerprint density at radius 3 is 2.75 bits per heavy atom. The van der Waals surface area contributed by atoms with E-state index in [0.29, 0.717) is 19.1 Å². The van der Waals surface area contributed by atoms with Crippen molar-refractivity contribution in [1.29, 1.82) is 0 Å². The van der Waals surface area contributed by atoms with E-state index in [1.54, 1.807) is 7.11 Å². The Hall–Kier alpha value is -2.08. The Balaban J connectivity index is 1.64. The quantitative estimate of drug-likeness (QED) is 0.671. The van der Waals surface area contributed by atoms with E-state index in [-0.39, 0.29) is 11.8 Å². The topological polar surface area (TPSA) is 59.4 Å². The number of aryl methyl sites for hydroxylation is 1. The number of hydrogen-bond acceptors (Lipinski definition) is 4. The Kier molecular flexibility index (Phi) is 7.31. The largest absolute Gasteiger partial charge is 0.385 e. The molecule has 1 aliphatic rings. The van der Waals surface area contributed by atoms with E-state index in [1.807, 2.05) is 6.07 Å². The van der Waals surface area contributed by atoms with Crippen molar-refractivity contribution in [2.24, 2.45) is 11.8 Å². The second-order valence-electron chi connectivity index (χ2n) is 8.13. The van der Waals surface area contributed by atoms with Crippen LogP contribution in [-0.2, 0) is 16.1 Å². The molecular formula is C22H34N4O2. The van der Waals surface area contributed by atoms with Gasteiger partial charge in [-0.3, -0.25) is 4.79 Å². The summed E-state index contributed by atoms with van der Waals surface area (Å²) in [6.07, 6.45) is 3.75. The standard InChI is InChI=1S/C22H34N4O2/c1-17(2)9-15-26-20-8-5-4-7-19(20)24-22(26)25-13-10-18(11-14-25)21(27)23-12-6-16-28-3/h4-5,7-8,17-18H,6,9-16H2,1-3H3,(H,23,27). The van der Waals surface area contributed by atoms with E-state index in [4.69, 9.17) is 9.72 Å². The highest BCUT2D eigenvalue weighted by molar-refractivity contribution is 5.80. The second kappa shape index (κ2) is 9.92. The van der Waals surface area contributed by atoms with Crippen LogP contribution in [0.4, 0.5) is 5.95 Å². The van der Waals surface area contributed by atoms with Gasteiger partial charge in [0.1, 0.15) is 0 Å². The van der Waals surface area contributed by atoms with E-state index in [0.717, 1.165) is 56.8 Å². The molecular weight excluding hydrogens is 352 g/mol. The number of amides is 1. The summed E-state index contributed by atoms with van der Waals surface area (Å²) in [6, 6.07) is 8.38.